The number of nitrogens with zero attached hydrogens (tertiary/aromatic N) is 2. The van der Waals surface area contributed by atoms with E-state index in [0.717, 1.165) is 64.2 Å². The quantitative estimate of drug-likeness (QED) is 0.135. The molecule has 328 valence electrons. The van der Waals surface area contributed by atoms with Crippen LogP contribution in [0.3, 0.4) is 0 Å². The monoisotopic (exact) mass is 810 g/mol. The molecular weight excluding hydrogens is 734 g/mol. The van der Waals surface area contributed by atoms with E-state index in [0.29, 0.717) is 38.9 Å². The van der Waals surface area contributed by atoms with E-state index in [-0.39, 0.29) is 53.2 Å². The average molecular weight is 810 g/mol. The van der Waals surface area contributed by atoms with Crippen molar-refractivity contribution < 1.29 is 48.5 Å². The number of nitrogens with two attached hydrogens (primary N) is 1. The number of rotatable bonds is 16. The number of fused-ring (bicyclic) bond motifs is 2. The minimum atomic E-state index is -0.935. The number of amides is 2. The smallest absolute Gasteiger partial charge is 0.326 e. The van der Waals surface area contributed by atoms with Gasteiger partial charge in [-0.1, -0.05) is 52.4 Å². The summed E-state index contributed by atoms with van der Waals surface area (Å²) in [5, 5.41) is 25.3. The first-order valence-electron chi connectivity index (χ1n) is 21.5. The highest BCUT2D eigenvalue weighted by Crippen LogP contribution is 2.41. The summed E-state index contributed by atoms with van der Waals surface area (Å²) in [4.78, 5) is 77.0. The van der Waals surface area contributed by atoms with Crippen molar-refractivity contribution in [2.75, 3.05) is 13.2 Å². The lowest BCUT2D eigenvalue weighted by atomic mass is 9.84. The third-order valence-corrected chi connectivity index (χ3v) is 11.2. The predicted octanol–water partition coefficient (Wildman–Crippen LogP) is 4.62. The second-order valence-corrected chi connectivity index (χ2v) is 17.2. The van der Waals surface area contributed by atoms with Crippen LogP contribution < -0.4 is 16.4 Å². The second kappa shape index (κ2) is 23.9. The van der Waals surface area contributed by atoms with E-state index in [1.54, 1.807) is 37.5 Å². The van der Waals surface area contributed by atoms with Gasteiger partial charge in [0.05, 0.1) is 25.3 Å². The first-order valence-corrected chi connectivity index (χ1v) is 21.5. The molecule has 4 aliphatic rings. The van der Waals surface area contributed by atoms with Gasteiger partial charge in [-0.05, 0) is 112 Å². The number of ether oxygens (including phenoxy) is 2. The van der Waals surface area contributed by atoms with Gasteiger partial charge in [0.1, 0.15) is 24.2 Å². The Morgan fingerprint density at radius 1 is 0.649 bits per heavy atom. The molecule has 2 saturated heterocycles. The van der Waals surface area contributed by atoms with Crippen molar-refractivity contribution in [3.63, 3.8) is 0 Å². The lowest BCUT2D eigenvalue weighted by Gasteiger charge is -2.35. The molecule has 2 amide bonds. The molecule has 2 saturated carbocycles. The van der Waals surface area contributed by atoms with Crippen molar-refractivity contribution in [2.24, 2.45) is 17.6 Å². The molecule has 2 aliphatic heterocycles. The number of carbonyl (C=O) groups is 6. The highest BCUT2D eigenvalue weighted by atomic mass is 16.5. The van der Waals surface area contributed by atoms with Crippen LogP contribution in [0.25, 0.3) is 0 Å². The highest BCUT2D eigenvalue weighted by Gasteiger charge is 2.50. The zero-order chi connectivity index (χ0) is 43.0. The molecule has 57 heavy (non-hydrogen) atoms. The number of carbonyl (C=O) groups excluding carboxylic acids is 4. The van der Waals surface area contributed by atoms with E-state index >= 15 is 0 Å². The Morgan fingerprint density at radius 3 is 1.25 bits per heavy atom. The minimum absolute atomic E-state index is 0. The van der Waals surface area contributed by atoms with Crippen LogP contribution in [-0.4, -0.2) is 123 Å². The van der Waals surface area contributed by atoms with Crippen LogP contribution in [0.4, 0.5) is 0 Å². The molecule has 0 bridgehead atoms. The topological polar surface area (TPSA) is 218 Å². The fraction of sp³-hybridized carbons (Fsp3) is 0.857. The molecule has 2 aliphatic carbocycles. The molecule has 0 spiro atoms. The first-order chi connectivity index (χ1) is 26.8. The number of carboxylic acid groups (broad SMARTS) is 2. The number of hydrogen-bond donors (Lipinski definition) is 5. The highest BCUT2D eigenvalue weighted by molar-refractivity contribution is 5.89. The normalized spacial score (nSPS) is 26.1. The molecule has 2 heterocycles. The van der Waals surface area contributed by atoms with Gasteiger partial charge >= 0.3 is 23.9 Å². The molecule has 0 unspecified atom stereocenters. The first kappa shape index (κ1) is 49.8. The van der Waals surface area contributed by atoms with E-state index in [1.165, 1.54) is 0 Å². The van der Waals surface area contributed by atoms with Gasteiger partial charge in [0.2, 0.25) is 11.8 Å². The summed E-state index contributed by atoms with van der Waals surface area (Å²) < 4.78 is 10.2. The molecule has 0 aromatic carbocycles. The van der Waals surface area contributed by atoms with E-state index < -0.39 is 48.2 Å². The van der Waals surface area contributed by atoms with E-state index in [9.17, 15) is 39.0 Å². The molecule has 10 atom stereocenters. The van der Waals surface area contributed by atoms with Gasteiger partial charge < -0.3 is 35.2 Å². The van der Waals surface area contributed by atoms with Gasteiger partial charge in [-0.25, -0.2) is 9.59 Å². The Bertz CT molecular complexity index is 1230. The zero-order valence-corrected chi connectivity index (χ0v) is 36.2. The summed E-state index contributed by atoms with van der Waals surface area (Å²) in [6, 6.07) is -3.85. The molecule has 0 radical (unpaired) electrons. The van der Waals surface area contributed by atoms with Crippen molar-refractivity contribution in [1.82, 2.24) is 20.4 Å². The van der Waals surface area contributed by atoms with Crippen LogP contribution >= 0.6 is 0 Å². The van der Waals surface area contributed by atoms with Gasteiger partial charge in [0, 0.05) is 17.6 Å². The third kappa shape index (κ3) is 15.1. The largest absolute Gasteiger partial charge is 0.480 e. The number of hydrogen-bond acceptors (Lipinski definition) is 11. The number of aliphatic carboxylic acids is 2. The fourth-order valence-corrected chi connectivity index (χ4v) is 8.79. The summed E-state index contributed by atoms with van der Waals surface area (Å²) in [7, 11) is 0. The van der Waals surface area contributed by atoms with Crippen molar-refractivity contribution in [2.45, 2.75) is 206 Å². The molecule has 15 heteroatoms. The lowest BCUT2D eigenvalue weighted by Crippen LogP contribution is -2.55. The van der Waals surface area contributed by atoms with Gasteiger partial charge in [-0.2, -0.15) is 0 Å². The lowest BCUT2D eigenvalue weighted by molar-refractivity contribution is -0.152. The number of carboxylic acids is 2. The predicted molar refractivity (Wildman–Crippen MR) is 217 cm³/mol. The summed E-state index contributed by atoms with van der Waals surface area (Å²) in [5.41, 5.74) is 5.35. The van der Waals surface area contributed by atoms with Gasteiger partial charge in [0.15, 0.2) is 0 Å². The van der Waals surface area contributed by atoms with Crippen molar-refractivity contribution in [3.05, 3.63) is 0 Å². The average Bonchev–Trinajstić information content (AvgIpc) is 3.73. The standard InChI is InChI=1S/2C19H32N2O5.C4H11N/c2*1-4-8-14(19(25)26-5-2)20-12(3)17(22)21-15-10-7-6-9-13(15)11-16(21)18(23)24;1-4(2,3)5/h2*12-16,20H,4-11H2,1-3H3,(H,23,24);5H2,1-3H3/t2*12-,13-,14-,15-,16-;/m00./s1. The van der Waals surface area contributed by atoms with Crippen LogP contribution in [0, 0.1) is 11.8 Å². The van der Waals surface area contributed by atoms with Crippen LogP contribution in [0.2, 0.25) is 0 Å². The van der Waals surface area contributed by atoms with Crippen molar-refractivity contribution in [3.8, 4) is 0 Å². The summed E-state index contributed by atoms with van der Waals surface area (Å²) in [5.74, 6) is -2.49. The van der Waals surface area contributed by atoms with Crippen LogP contribution in [-0.2, 0) is 38.2 Å². The maximum atomic E-state index is 13.1. The Labute approximate surface area is 340 Å². The fourth-order valence-electron chi connectivity index (χ4n) is 8.79. The Hall–Kier alpha value is -3.30. The van der Waals surface area contributed by atoms with Gasteiger partial charge in [-0.15, -0.1) is 0 Å². The maximum absolute atomic E-state index is 13.1. The number of nitrogens with one attached hydrogen (secondary N) is 2. The Kier molecular flexibility index (Phi) is 20.9. The molecule has 0 aromatic rings. The van der Waals surface area contributed by atoms with E-state index in [1.807, 2.05) is 34.6 Å². The molecule has 0 aromatic heterocycles. The van der Waals surface area contributed by atoms with Crippen LogP contribution in [0.15, 0.2) is 0 Å². The number of likely N-dealkylation sites (tertiary alicyclic amines) is 2. The van der Waals surface area contributed by atoms with E-state index in [4.69, 9.17) is 15.2 Å². The van der Waals surface area contributed by atoms with Crippen LogP contribution in [0.5, 0.6) is 0 Å². The Balaban J connectivity index is 0.000000352. The molecule has 6 N–H and O–H groups in total. The van der Waals surface area contributed by atoms with Gasteiger partial charge in [-0.3, -0.25) is 29.8 Å². The summed E-state index contributed by atoms with van der Waals surface area (Å²) >= 11 is 0. The summed E-state index contributed by atoms with van der Waals surface area (Å²) in [6.45, 7) is 17.3. The van der Waals surface area contributed by atoms with Gasteiger partial charge in [0.25, 0.3) is 0 Å². The molecular formula is C42H75N5O10. The minimum Gasteiger partial charge on any atom is -0.480 e. The SMILES string of the molecule is CC(C)(C)N.CCC[C@H](N[C@@H](C)C(=O)N1[C@H](C(=O)O)C[C@@H]2CCCC[C@@H]21)C(=O)OCC.CCC[C@H](N[C@@H](C)C(=O)N1[C@H](C(=O)O)C[C@@H]2CCCC[C@@H]21)C(=O)OCC. The molecule has 15 nitrogen and oxygen atoms in total. The van der Waals surface area contributed by atoms with Crippen molar-refractivity contribution >= 4 is 35.7 Å². The third-order valence-electron chi connectivity index (χ3n) is 11.2. The second-order valence-electron chi connectivity index (χ2n) is 17.2. The summed E-state index contributed by atoms with van der Waals surface area (Å²) in [6.07, 6.45) is 11.7. The maximum Gasteiger partial charge on any atom is 0.326 e. The van der Waals surface area contributed by atoms with Crippen LogP contribution in [0.1, 0.15) is 152 Å². The number of esters is 2. The molecule has 4 fully saturated rings. The van der Waals surface area contributed by atoms with Crippen molar-refractivity contribution in [1.29, 1.82) is 0 Å². The Morgan fingerprint density at radius 2 is 0.965 bits per heavy atom. The van der Waals surface area contributed by atoms with E-state index in [2.05, 4.69) is 10.6 Å². The zero-order valence-electron chi connectivity index (χ0n) is 36.2. The molecule has 4 rings (SSSR count).